The SMILES string of the molecule is COc1ccc(NCCCCCN)nc1. The molecule has 1 aromatic rings. The second-order valence-electron chi connectivity index (χ2n) is 3.36. The molecule has 0 saturated heterocycles. The van der Waals surface area contributed by atoms with E-state index in [2.05, 4.69) is 10.3 Å². The van der Waals surface area contributed by atoms with E-state index in [9.17, 15) is 0 Å². The summed E-state index contributed by atoms with van der Waals surface area (Å²) >= 11 is 0. The zero-order chi connectivity index (χ0) is 10.9. The average Bonchev–Trinajstić information content (AvgIpc) is 2.30. The maximum absolute atomic E-state index is 5.41. The maximum Gasteiger partial charge on any atom is 0.137 e. The fraction of sp³-hybridized carbons (Fsp3) is 0.545. The summed E-state index contributed by atoms with van der Waals surface area (Å²) in [7, 11) is 1.64. The van der Waals surface area contributed by atoms with Crippen molar-refractivity contribution in [3.63, 3.8) is 0 Å². The van der Waals surface area contributed by atoms with Crippen LogP contribution in [0, 0.1) is 0 Å². The molecule has 0 unspecified atom stereocenters. The molecule has 0 amide bonds. The fourth-order valence-corrected chi connectivity index (χ4v) is 1.27. The van der Waals surface area contributed by atoms with Crippen molar-refractivity contribution in [2.75, 3.05) is 25.5 Å². The van der Waals surface area contributed by atoms with Gasteiger partial charge in [0.2, 0.25) is 0 Å². The first-order valence-electron chi connectivity index (χ1n) is 5.31. The predicted molar refractivity (Wildman–Crippen MR) is 62.2 cm³/mol. The summed E-state index contributed by atoms with van der Waals surface area (Å²) in [5, 5.41) is 3.25. The van der Waals surface area contributed by atoms with Crippen LogP contribution in [0.5, 0.6) is 5.75 Å². The van der Waals surface area contributed by atoms with Crippen LogP contribution in [-0.4, -0.2) is 25.2 Å². The van der Waals surface area contributed by atoms with E-state index in [1.54, 1.807) is 13.3 Å². The lowest BCUT2D eigenvalue weighted by Crippen LogP contribution is -2.04. The van der Waals surface area contributed by atoms with E-state index in [0.717, 1.165) is 37.5 Å². The number of hydrogen-bond acceptors (Lipinski definition) is 4. The Kier molecular flexibility index (Phi) is 5.55. The Morgan fingerprint density at radius 1 is 1.33 bits per heavy atom. The molecule has 1 aromatic heterocycles. The van der Waals surface area contributed by atoms with Crippen molar-refractivity contribution in [3.8, 4) is 5.75 Å². The van der Waals surface area contributed by atoms with Gasteiger partial charge in [0.05, 0.1) is 13.3 Å². The van der Waals surface area contributed by atoms with Crippen LogP contribution in [0.3, 0.4) is 0 Å². The highest BCUT2D eigenvalue weighted by Gasteiger charge is 1.94. The minimum Gasteiger partial charge on any atom is -0.495 e. The second-order valence-corrected chi connectivity index (χ2v) is 3.36. The molecular formula is C11H19N3O. The molecule has 1 rings (SSSR count). The van der Waals surface area contributed by atoms with Gasteiger partial charge in [-0.1, -0.05) is 6.42 Å². The van der Waals surface area contributed by atoms with Gasteiger partial charge in [0.1, 0.15) is 11.6 Å². The van der Waals surface area contributed by atoms with Crippen molar-refractivity contribution < 1.29 is 4.74 Å². The summed E-state index contributed by atoms with van der Waals surface area (Å²) in [6.45, 7) is 1.72. The van der Waals surface area contributed by atoms with Crippen molar-refractivity contribution in [1.29, 1.82) is 0 Å². The smallest absolute Gasteiger partial charge is 0.137 e. The number of nitrogens with one attached hydrogen (secondary N) is 1. The first kappa shape index (κ1) is 11.8. The third-order valence-corrected chi connectivity index (χ3v) is 2.16. The number of nitrogens with zero attached hydrogens (tertiary/aromatic N) is 1. The van der Waals surface area contributed by atoms with E-state index in [4.69, 9.17) is 10.5 Å². The van der Waals surface area contributed by atoms with Crippen molar-refractivity contribution in [3.05, 3.63) is 18.3 Å². The molecule has 0 aliphatic carbocycles. The van der Waals surface area contributed by atoms with Gasteiger partial charge in [-0.3, -0.25) is 0 Å². The van der Waals surface area contributed by atoms with Crippen molar-refractivity contribution >= 4 is 5.82 Å². The Hall–Kier alpha value is -1.29. The van der Waals surface area contributed by atoms with Crippen LogP contribution in [0.25, 0.3) is 0 Å². The van der Waals surface area contributed by atoms with E-state index >= 15 is 0 Å². The number of rotatable bonds is 7. The normalized spacial score (nSPS) is 10.0. The minimum absolute atomic E-state index is 0.779. The number of methoxy groups -OCH3 is 1. The molecule has 84 valence electrons. The first-order valence-corrected chi connectivity index (χ1v) is 5.31. The van der Waals surface area contributed by atoms with Crippen LogP contribution in [0.1, 0.15) is 19.3 Å². The molecule has 1 heterocycles. The van der Waals surface area contributed by atoms with Gasteiger partial charge in [-0.2, -0.15) is 0 Å². The molecule has 0 radical (unpaired) electrons. The summed E-state index contributed by atoms with van der Waals surface area (Å²) in [5.41, 5.74) is 5.41. The third-order valence-electron chi connectivity index (χ3n) is 2.16. The van der Waals surface area contributed by atoms with Crippen LogP contribution in [0.2, 0.25) is 0 Å². The van der Waals surface area contributed by atoms with Gasteiger partial charge in [0, 0.05) is 6.54 Å². The molecule has 0 atom stereocenters. The van der Waals surface area contributed by atoms with Crippen LogP contribution in [0.15, 0.2) is 18.3 Å². The average molecular weight is 209 g/mol. The maximum atomic E-state index is 5.41. The zero-order valence-corrected chi connectivity index (χ0v) is 9.20. The molecule has 4 heteroatoms. The van der Waals surface area contributed by atoms with Gasteiger partial charge in [-0.15, -0.1) is 0 Å². The molecule has 4 nitrogen and oxygen atoms in total. The van der Waals surface area contributed by atoms with Crippen LogP contribution >= 0.6 is 0 Å². The monoisotopic (exact) mass is 209 g/mol. The largest absolute Gasteiger partial charge is 0.495 e. The van der Waals surface area contributed by atoms with Crippen LogP contribution < -0.4 is 15.8 Å². The molecule has 0 spiro atoms. The molecule has 0 fully saturated rings. The lowest BCUT2D eigenvalue weighted by atomic mass is 10.2. The number of ether oxygens (including phenoxy) is 1. The lowest BCUT2D eigenvalue weighted by Gasteiger charge is -2.05. The number of aromatic nitrogens is 1. The van der Waals surface area contributed by atoms with E-state index < -0.39 is 0 Å². The Bertz CT molecular complexity index is 261. The summed E-state index contributed by atoms with van der Waals surface area (Å²) in [5.74, 6) is 1.67. The summed E-state index contributed by atoms with van der Waals surface area (Å²) in [4.78, 5) is 4.21. The Labute approximate surface area is 90.8 Å². The highest BCUT2D eigenvalue weighted by molar-refractivity contribution is 5.37. The van der Waals surface area contributed by atoms with E-state index in [1.807, 2.05) is 12.1 Å². The number of anilines is 1. The Balaban J connectivity index is 2.20. The van der Waals surface area contributed by atoms with Crippen molar-refractivity contribution in [2.24, 2.45) is 5.73 Å². The fourth-order valence-electron chi connectivity index (χ4n) is 1.27. The molecule has 15 heavy (non-hydrogen) atoms. The molecule has 0 bridgehead atoms. The Morgan fingerprint density at radius 3 is 2.80 bits per heavy atom. The van der Waals surface area contributed by atoms with Crippen molar-refractivity contribution in [2.45, 2.75) is 19.3 Å². The third kappa shape index (κ3) is 4.65. The van der Waals surface area contributed by atoms with Crippen molar-refractivity contribution in [1.82, 2.24) is 4.98 Å². The van der Waals surface area contributed by atoms with Gasteiger partial charge < -0.3 is 15.8 Å². The molecule has 3 N–H and O–H groups in total. The quantitative estimate of drug-likeness (QED) is 0.670. The molecule has 0 saturated carbocycles. The van der Waals surface area contributed by atoms with Gasteiger partial charge in [0.25, 0.3) is 0 Å². The van der Waals surface area contributed by atoms with Crippen LogP contribution in [-0.2, 0) is 0 Å². The number of hydrogen-bond donors (Lipinski definition) is 2. The molecular weight excluding hydrogens is 190 g/mol. The van der Waals surface area contributed by atoms with Gasteiger partial charge in [-0.25, -0.2) is 4.98 Å². The molecule has 0 aromatic carbocycles. The summed E-state index contributed by atoms with van der Waals surface area (Å²) < 4.78 is 5.02. The second kappa shape index (κ2) is 7.06. The highest BCUT2D eigenvalue weighted by Crippen LogP contribution is 2.11. The standard InChI is InChI=1S/C11H19N3O/c1-15-10-5-6-11(14-9-10)13-8-4-2-3-7-12/h5-6,9H,2-4,7-8,12H2,1H3,(H,13,14). The molecule has 0 aliphatic rings. The predicted octanol–water partition coefficient (Wildman–Crippen LogP) is 1.63. The number of pyridine rings is 1. The minimum atomic E-state index is 0.779. The number of unbranched alkanes of at least 4 members (excludes halogenated alkanes) is 2. The topological polar surface area (TPSA) is 60.2 Å². The van der Waals surface area contributed by atoms with Gasteiger partial charge in [0.15, 0.2) is 0 Å². The molecule has 0 aliphatic heterocycles. The first-order chi connectivity index (χ1) is 7.36. The lowest BCUT2D eigenvalue weighted by molar-refractivity contribution is 0.413. The highest BCUT2D eigenvalue weighted by atomic mass is 16.5. The summed E-state index contributed by atoms with van der Waals surface area (Å²) in [6, 6.07) is 3.82. The number of nitrogens with two attached hydrogens (primary N) is 1. The van der Waals surface area contributed by atoms with Crippen LogP contribution in [0.4, 0.5) is 5.82 Å². The van der Waals surface area contributed by atoms with Gasteiger partial charge >= 0.3 is 0 Å². The van der Waals surface area contributed by atoms with E-state index in [-0.39, 0.29) is 0 Å². The van der Waals surface area contributed by atoms with E-state index in [1.165, 1.54) is 6.42 Å². The van der Waals surface area contributed by atoms with Gasteiger partial charge in [-0.05, 0) is 31.5 Å². The summed E-state index contributed by atoms with van der Waals surface area (Å²) in [6.07, 6.45) is 5.10. The Morgan fingerprint density at radius 2 is 2.20 bits per heavy atom. The zero-order valence-electron chi connectivity index (χ0n) is 9.20. The van der Waals surface area contributed by atoms with E-state index in [0.29, 0.717) is 0 Å².